The molecule has 0 aromatic heterocycles. The van der Waals surface area contributed by atoms with E-state index >= 15 is 0 Å². The van der Waals surface area contributed by atoms with Gasteiger partial charge in [-0.1, -0.05) is 23.7 Å². The zero-order valence-corrected chi connectivity index (χ0v) is 15.1. The normalized spacial score (nSPS) is 10.6. The summed E-state index contributed by atoms with van der Waals surface area (Å²) in [5.41, 5.74) is 1.69. The van der Waals surface area contributed by atoms with Gasteiger partial charge in [-0.15, -0.1) is 0 Å². The monoisotopic (exact) mass is 361 g/mol. The van der Waals surface area contributed by atoms with E-state index < -0.39 is 0 Å². The summed E-state index contributed by atoms with van der Waals surface area (Å²) in [5.74, 6) is 1.35. The van der Waals surface area contributed by atoms with Crippen LogP contribution in [-0.2, 0) is 11.3 Å². The van der Waals surface area contributed by atoms with Crippen LogP contribution in [0, 0.1) is 0 Å². The Hall–Kier alpha value is -2.66. The van der Waals surface area contributed by atoms with Gasteiger partial charge in [0.15, 0.2) is 11.5 Å². The number of carbonyl (C=O) groups is 1. The van der Waals surface area contributed by atoms with Gasteiger partial charge < -0.3 is 19.5 Å². The molecule has 0 bridgehead atoms. The fourth-order valence-corrected chi connectivity index (χ4v) is 2.48. The summed E-state index contributed by atoms with van der Waals surface area (Å²) >= 11 is 5.92. The largest absolute Gasteiger partial charge is 0.493 e. The first kappa shape index (κ1) is 18.7. The second kappa shape index (κ2) is 8.99. The van der Waals surface area contributed by atoms with Crippen molar-refractivity contribution >= 4 is 23.6 Å². The summed E-state index contributed by atoms with van der Waals surface area (Å²) in [6.45, 7) is 0.402. The molecule has 6 heteroatoms. The Kier molecular flexibility index (Phi) is 6.71. The molecule has 1 amide bonds. The zero-order chi connectivity index (χ0) is 18.2. The lowest BCUT2D eigenvalue weighted by Crippen LogP contribution is -2.20. The van der Waals surface area contributed by atoms with Gasteiger partial charge >= 0.3 is 0 Å². The van der Waals surface area contributed by atoms with E-state index in [2.05, 4.69) is 5.32 Å². The van der Waals surface area contributed by atoms with Gasteiger partial charge in [-0.3, -0.25) is 4.79 Å². The van der Waals surface area contributed by atoms with Crippen LogP contribution in [0.25, 0.3) is 6.08 Å². The third kappa shape index (κ3) is 5.16. The molecule has 25 heavy (non-hydrogen) atoms. The maximum Gasteiger partial charge on any atom is 0.244 e. The van der Waals surface area contributed by atoms with Gasteiger partial charge in [0.1, 0.15) is 0 Å². The molecule has 5 nitrogen and oxygen atoms in total. The van der Waals surface area contributed by atoms with Crippen molar-refractivity contribution in [1.29, 1.82) is 0 Å². The molecule has 2 aromatic rings. The molecule has 2 rings (SSSR count). The molecule has 0 saturated carbocycles. The Morgan fingerprint density at radius 3 is 2.32 bits per heavy atom. The first-order valence-electron chi connectivity index (χ1n) is 7.57. The summed E-state index contributed by atoms with van der Waals surface area (Å²) < 4.78 is 15.9. The van der Waals surface area contributed by atoms with Gasteiger partial charge in [0.05, 0.1) is 21.3 Å². The predicted octanol–water partition coefficient (Wildman–Crippen LogP) is 3.70. The van der Waals surface area contributed by atoms with Crippen molar-refractivity contribution in [2.75, 3.05) is 21.3 Å². The number of nitrogens with one attached hydrogen (secondary N) is 1. The summed E-state index contributed by atoms with van der Waals surface area (Å²) in [5, 5.41) is 3.44. The summed E-state index contributed by atoms with van der Waals surface area (Å²) in [7, 11) is 4.63. The molecule has 132 valence electrons. The van der Waals surface area contributed by atoms with Crippen LogP contribution in [0.5, 0.6) is 17.2 Å². The smallest absolute Gasteiger partial charge is 0.244 e. The van der Waals surface area contributed by atoms with Crippen molar-refractivity contribution in [3.63, 3.8) is 0 Å². The topological polar surface area (TPSA) is 56.8 Å². The van der Waals surface area contributed by atoms with Crippen LogP contribution in [0.15, 0.2) is 42.5 Å². The number of hydrogen-bond acceptors (Lipinski definition) is 4. The number of carbonyl (C=O) groups excluding carboxylic acids is 1. The van der Waals surface area contributed by atoms with Crippen LogP contribution in [0.1, 0.15) is 11.1 Å². The molecule has 1 N–H and O–H groups in total. The van der Waals surface area contributed by atoms with Crippen molar-refractivity contribution in [1.82, 2.24) is 5.32 Å². The molecular weight excluding hydrogens is 342 g/mol. The first-order chi connectivity index (χ1) is 12.1. The number of ether oxygens (including phenoxy) is 3. The number of amides is 1. The quantitative estimate of drug-likeness (QED) is 0.764. The molecule has 0 fully saturated rings. The van der Waals surface area contributed by atoms with Crippen molar-refractivity contribution in [3.8, 4) is 17.2 Å². The minimum atomic E-state index is -0.214. The Balaban J connectivity index is 2.06. The van der Waals surface area contributed by atoms with E-state index in [1.165, 1.54) is 6.08 Å². The third-order valence-electron chi connectivity index (χ3n) is 3.47. The van der Waals surface area contributed by atoms with Gasteiger partial charge in [-0.25, -0.2) is 0 Å². The lowest BCUT2D eigenvalue weighted by molar-refractivity contribution is -0.116. The Bertz CT molecular complexity index is 749. The Morgan fingerprint density at radius 2 is 1.76 bits per heavy atom. The molecule has 0 aliphatic carbocycles. The van der Waals surface area contributed by atoms with Gasteiger partial charge in [-0.05, 0) is 41.5 Å². The molecule has 0 unspecified atom stereocenters. The second-order valence-electron chi connectivity index (χ2n) is 5.14. The standard InChI is InChI=1S/C19H20ClNO4/c1-23-16-10-13(11-17(24-2)19(16)25-3)7-8-18(22)21-12-14-5-4-6-15(20)9-14/h4-11H,12H2,1-3H3,(H,21,22). The lowest BCUT2D eigenvalue weighted by Gasteiger charge is -2.12. The van der Waals surface area contributed by atoms with E-state index in [-0.39, 0.29) is 5.91 Å². The Morgan fingerprint density at radius 1 is 1.08 bits per heavy atom. The van der Waals surface area contributed by atoms with Crippen LogP contribution in [0.2, 0.25) is 5.02 Å². The number of methoxy groups -OCH3 is 3. The maximum atomic E-state index is 12.0. The van der Waals surface area contributed by atoms with Crippen LogP contribution in [0.3, 0.4) is 0 Å². The fourth-order valence-electron chi connectivity index (χ4n) is 2.26. The van der Waals surface area contributed by atoms with Crippen LogP contribution >= 0.6 is 11.6 Å². The molecule has 0 heterocycles. The molecule has 0 aliphatic heterocycles. The zero-order valence-electron chi connectivity index (χ0n) is 14.3. The van der Waals surface area contributed by atoms with Crippen LogP contribution in [-0.4, -0.2) is 27.2 Å². The molecule has 0 aliphatic rings. The highest BCUT2D eigenvalue weighted by molar-refractivity contribution is 6.30. The van der Waals surface area contributed by atoms with E-state index in [1.807, 2.05) is 18.2 Å². The van der Waals surface area contributed by atoms with Crippen molar-refractivity contribution in [2.45, 2.75) is 6.54 Å². The molecule has 0 saturated heterocycles. The SMILES string of the molecule is COc1cc(C=CC(=O)NCc2cccc(Cl)c2)cc(OC)c1OC. The average Bonchev–Trinajstić information content (AvgIpc) is 2.63. The van der Waals surface area contributed by atoms with E-state index in [0.717, 1.165) is 11.1 Å². The second-order valence-corrected chi connectivity index (χ2v) is 5.58. The van der Waals surface area contributed by atoms with E-state index in [4.69, 9.17) is 25.8 Å². The third-order valence-corrected chi connectivity index (χ3v) is 3.71. The van der Waals surface area contributed by atoms with E-state index in [9.17, 15) is 4.79 Å². The van der Waals surface area contributed by atoms with Crippen LogP contribution in [0.4, 0.5) is 0 Å². The van der Waals surface area contributed by atoms with Crippen molar-refractivity contribution in [2.24, 2.45) is 0 Å². The average molecular weight is 362 g/mol. The number of benzene rings is 2. The number of rotatable bonds is 7. The lowest BCUT2D eigenvalue weighted by atomic mass is 10.1. The van der Waals surface area contributed by atoms with Crippen molar-refractivity contribution < 1.29 is 19.0 Å². The molecule has 0 spiro atoms. The summed E-state index contributed by atoms with van der Waals surface area (Å²) in [4.78, 5) is 12.0. The van der Waals surface area contributed by atoms with Gasteiger partial charge in [0.2, 0.25) is 11.7 Å². The van der Waals surface area contributed by atoms with Gasteiger partial charge in [-0.2, -0.15) is 0 Å². The van der Waals surface area contributed by atoms with Crippen LogP contribution < -0.4 is 19.5 Å². The highest BCUT2D eigenvalue weighted by atomic mass is 35.5. The summed E-state index contributed by atoms with van der Waals surface area (Å²) in [6.07, 6.45) is 3.13. The number of hydrogen-bond donors (Lipinski definition) is 1. The molecule has 2 aromatic carbocycles. The Labute approximate surface area is 152 Å². The van der Waals surface area contributed by atoms with E-state index in [0.29, 0.717) is 28.8 Å². The highest BCUT2D eigenvalue weighted by Crippen LogP contribution is 2.38. The van der Waals surface area contributed by atoms with E-state index in [1.54, 1.807) is 45.6 Å². The predicted molar refractivity (Wildman–Crippen MR) is 98.4 cm³/mol. The molecule has 0 atom stereocenters. The maximum absolute atomic E-state index is 12.0. The molecule has 0 radical (unpaired) electrons. The summed E-state index contributed by atoms with van der Waals surface area (Å²) in [6, 6.07) is 10.9. The van der Waals surface area contributed by atoms with Gasteiger partial charge in [0.25, 0.3) is 0 Å². The fraction of sp³-hybridized carbons (Fsp3) is 0.211. The number of halogens is 1. The minimum absolute atomic E-state index is 0.214. The highest BCUT2D eigenvalue weighted by Gasteiger charge is 2.12. The molecular formula is C19H20ClNO4. The van der Waals surface area contributed by atoms with Gasteiger partial charge in [0, 0.05) is 17.6 Å². The first-order valence-corrected chi connectivity index (χ1v) is 7.95. The minimum Gasteiger partial charge on any atom is -0.493 e. The van der Waals surface area contributed by atoms with Crippen molar-refractivity contribution in [3.05, 3.63) is 58.6 Å².